The minimum absolute atomic E-state index is 0.850. The molecule has 106 valence electrons. The van der Waals surface area contributed by atoms with E-state index in [1.165, 1.54) is 36.8 Å². The molecule has 1 nitrogen and oxygen atoms in total. The van der Waals surface area contributed by atoms with E-state index in [4.69, 9.17) is 0 Å². The largest absolute Gasteiger partial charge is 0.319 e. The molecule has 0 aliphatic carbocycles. The lowest BCUT2D eigenvalue weighted by Crippen LogP contribution is -2.64. The first-order valence-corrected chi connectivity index (χ1v) is 8.28. The van der Waals surface area contributed by atoms with E-state index in [1.54, 1.807) is 0 Å². The molecule has 6 atom stereocenters. The summed E-state index contributed by atoms with van der Waals surface area (Å²) in [6, 6.07) is 1.70. The van der Waals surface area contributed by atoms with Crippen molar-refractivity contribution < 1.29 is 4.48 Å². The summed E-state index contributed by atoms with van der Waals surface area (Å²) in [6.07, 6.45) is 4.38. The number of quaternary nitrogens is 1. The summed E-state index contributed by atoms with van der Waals surface area (Å²) < 4.78 is 1.43. The van der Waals surface area contributed by atoms with Crippen molar-refractivity contribution in [3.63, 3.8) is 0 Å². The van der Waals surface area contributed by atoms with Crippen LogP contribution in [0.5, 0.6) is 0 Å². The summed E-state index contributed by atoms with van der Waals surface area (Å²) >= 11 is 0. The van der Waals surface area contributed by atoms with Crippen molar-refractivity contribution in [2.75, 3.05) is 13.1 Å². The van der Waals surface area contributed by atoms with E-state index >= 15 is 0 Å². The summed E-state index contributed by atoms with van der Waals surface area (Å²) in [5.41, 5.74) is 0. The predicted octanol–water partition coefficient (Wildman–Crippen LogP) is 4.32. The molecule has 18 heavy (non-hydrogen) atoms. The van der Waals surface area contributed by atoms with Crippen LogP contribution < -0.4 is 0 Å². The van der Waals surface area contributed by atoms with Crippen molar-refractivity contribution in [1.82, 2.24) is 0 Å². The molecule has 1 spiro atoms. The van der Waals surface area contributed by atoms with Gasteiger partial charge >= 0.3 is 0 Å². The Morgan fingerprint density at radius 3 is 1.33 bits per heavy atom. The van der Waals surface area contributed by atoms with E-state index in [2.05, 4.69) is 41.5 Å². The second-order valence-electron chi connectivity index (χ2n) is 7.53. The van der Waals surface area contributed by atoms with Crippen molar-refractivity contribution in [1.29, 1.82) is 0 Å². The van der Waals surface area contributed by atoms with Crippen LogP contribution in [0, 0.1) is 23.7 Å². The third kappa shape index (κ3) is 2.03. The highest BCUT2D eigenvalue weighted by atomic mass is 15.4. The second kappa shape index (κ2) is 5.15. The van der Waals surface area contributed by atoms with Gasteiger partial charge in [0.25, 0.3) is 0 Å². The maximum Gasteiger partial charge on any atom is 0.0892 e. The molecule has 0 N–H and O–H groups in total. The number of hydrogen-bond donors (Lipinski definition) is 0. The van der Waals surface area contributed by atoms with Crippen LogP contribution in [0.25, 0.3) is 0 Å². The van der Waals surface area contributed by atoms with Crippen LogP contribution in [0.15, 0.2) is 0 Å². The maximum atomic E-state index is 2.55. The number of piperidine rings is 1. The van der Waals surface area contributed by atoms with Gasteiger partial charge in [0.05, 0.1) is 25.2 Å². The van der Waals surface area contributed by atoms with E-state index in [1.807, 2.05) is 0 Å². The lowest BCUT2D eigenvalue weighted by Gasteiger charge is -2.52. The molecule has 2 aliphatic rings. The average Bonchev–Trinajstić information content (AvgIpc) is 2.45. The lowest BCUT2D eigenvalue weighted by atomic mass is 9.77. The summed E-state index contributed by atoms with van der Waals surface area (Å²) in [7, 11) is 0. The molecule has 2 fully saturated rings. The van der Waals surface area contributed by atoms with Gasteiger partial charge in [-0.15, -0.1) is 0 Å². The first-order chi connectivity index (χ1) is 8.42. The summed E-state index contributed by atoms with van der Waals surface area (Å²) in [5.74, 6) is 3.48. The molecule has 2 aliphatic heterocycles. The number of hydrogen-bond acceptors (Lipinski definition) is 0. The van der Waals surface area contributed by atoms with Crippen molar-refractivity contribution >= 4 is 0 Å². The van der Waals surface area contributed by atoms with Crippen LogP contribution in [0.1, 0.15) is 60.8 Å². The van der Waals surface area contributed by atoms with Gasteiger partial charge < -0.3 is 4.48 Å². The van der Waals surface area contributed by atoms with Crippen LogP contribution in [0.2, 0.25) is 0 Å². The number of nitrogens with zero attached hydrogens (tertiary/aromatic N) is 1. The minimum Gasteiger partial charge on any atom is -0.319 e. The third-order valence-corrected chi connectivity index (χ3v) is 7.28. The topological polar surface area (TPSA) is 0 Å². The van der Waals surface area contributed by atoms with Crippen LogP contribution in [0.3, 0.4) is 0 Å². The zero-order valence-electron chi connectivity index (χ0n) is 13.4. The fourth-order valence-corrected chi connectivity index (χ4v) is 5.06. The smallest absolute Gasteiger partial charge is 0.0892 e. The van der Waals surface area contributed by atoms with Crippen LogP contribution in [0.4, 0.5) is 0 Å². The Morgan fingerprint density at radius 2 is 0.944 bits per heavy atom. The Balaban J connectivity index is 2.37. The molecule has 0 radical (unpaired) electrons. The fraction of sp³-hybridized carbons (Fsp3) is 1.00. The first kappa shape index (κ1) is 14.4. The van der Waals surface area contributed by atoms with E-state index in [9.17, 15) is 0 Å². The van der Waals surface area contributed by atoms with Gasteiger partial charge in [0, 0.05) is 11.8 Å². The highest BCUT2D eigenvalue weighted by Crippen LogP contribution is 2.44. The Hall–Kier alpha value is -0.0400. The van der Waals surface area contributed by atoms with Crippen molar-refractivity contribution in [3.05, 3.63) is 0 Å². The summed E-state index contributed by atoms with van der Waals surface area (Å²) in [6.45, 7) is 18.0. The van der Waals surface area contributed by atoms with Gasteiger partial charge in [-0.3, -0.25) is 0 Å². The molecular weight excluding hydrogens is 218 g/mol. The molecule has 6 unspecified atom stereocenters. The molecule has 2 heterocycles. The van der Waals surface area contributed by atoms with E-state index in [0.29, 0.717) is 0 Å². The Labute approximate surface area is 115 Å². The first-order valence-electron chi connectivity index (χ1n) is 8.28. The molecule has 0 aromatic heterocycles. The standard InChI is InChI=1S/C17H34N/c1-12-13(2)15(4)17(6)18(16(5)14(12)3)10-8-7-9-11-18/h12-17H,7-11H2,1-6H3/q+1. The average molecular weight is 252 g/mol. The minimum atomic E-state index is 0.850. The summed E-state index contributed by atoms with van der Waals surface area (Å²) in [5, 5.41) is 0. The SMILES string of the molecule is CC1C(C)C(C)C(C)[N+]2(CCCCC2)C(C)C1C. The van der Waals surface area contributed by atoms with Gasteiger partial charge in [-0.05, 0) is 44.9 Å². The molecule has 2 saturated heterocycles. The molecule has 0 bridgehead atoms. The van der Waals surface area contributed by atoms with Gasteiger partial charge in [0.15, 0.2) is 0 Å². The molecule has 0 amide bonds. The van der Waals surface area contributed by atoms with Crippen LogP contribution in [-0.2, 0) is 0 Å². The third-order valence-electron chi connectivity index (χ3n) is 7.28. The van der Waals surface area contributed by atoms with Gasteiger partial charge in [0.2, 0.25) is 0 Å². The zero-order chi connectivity index (χ0) is 13.5. The van der Waals surface area contributed by atoms with Crippen LogP contribution >= 0.6 is 0 Å². The lowest BCUT2D eigenvalue weighted by molar-refractivity contribution is -0.979. The van der Waals surface area contributed by atoms with Crippen LogP contribution in [-0.4, -0.2) is 29.7 Å². The van der Waals surface area contributed by atoms with Gasteiger partial charge in [-0.1, -0.05) is 27.7 Å². The normalized spacial score (nSPS) is 49.0. The Morgan fingerprint density at radius 1 is 0.556 bits per heavy atom. The predicted molar refractivity (Wildman–Crippen MR) is 79.4 cm³/mol. The molecular formula is C17H34N+. The molecule has 2 rings (SSSR count). The van der Waals surface area contributed by atoms with E-state index < -0.39 is 0 Å². The summed E-state index contributed by atoms with van der Waals surface area (Å²) in [4.78, 5) is 0. The van der Waals surface area contributed by atoms with E-state index in [-0.39, 0.29) is 0 Å². The van der Waals surface area contributed by atoms with Crippen molar-refractivity contribution in [2.24, 2.45) is 23.7 Å². The maximum absolute atomic E-state index is 2.55. The molecule has 0 saturated carbocycles. The monoisotopic (exact) mass is 252 g/mol. The fourth-order valence-electron chi connectivity index (χ4n) is 5.06. The zero-order valence-corrected chi connectivity index (χ0v) is 13.4. The number of rotatable bonds is 0. The van der Waals surface area contributed by atoms with Crippen molar-refractivity contribution in [2.45, 2.75) is 72.9 Å². The van der Waals surface area contributed by atoms with Gasteiger partial charge in [-0.2, -0.15) is 0 Å². The van der Waals surface area contributed by atoms with Gasteiger partial charge in [-0.25, -0.2) is 0 Å². The molecule has 1 heteroatoms. The van der Waals surface area contributed by atoms with Gasteiger partial charge in [0.1, 0.15) is 0 Å². The highest BCUT2D eigenvalue weighted by molar-refractivity contribution is 4.85. The quantitative estimate of drug-likeness (QED) is 0.563. The molecule has 0 aromatic rings. The van der Waals surface area contributed by atoms with Crippen molar-refractivity contribution in [3.8, 4) is 0 Å². The Kier molecular flexibility index (Phi) is 4.11. The highest BCUT2D eigenvalue weighted by Gasteiger charge is 2.50. The Bertz CT molecular complexity index is 257. The molecule has 0 aromatic carbocycles. The van der Waals surface area contributed by atoms with E-state index in [0.717, 1.165) is 35.8 Å². The second-order valence-corrected chi connectivity index (χ2v) is 7.53.